The first-order valence-corrected chi connectivity index (χ1v) is 3.16. The molecule has 0 aromatic carbocycles. The predicted molar refractivity (Wildman–Crippen MR) is 42.3 cm³/mol. The van der Waals surface area contributed by atoms with E-state index in [-0.39, 0.29) is 23.9 Å². The van der Waals surface area contributed by atoms with Crippen molar-refractivity contribution in [2.24, 2.45) is 0 Å². The van der Waals surface area contributed by atoms with E-state index in [1.165, 1.54) is 0 Å². The summed E-state index contributed by atoms with van der Waals surface area (Å²) < 4.78 is 0. The van der Waals surface area contributed by atoms with Crippen LogP contribution in [0.1, 0.15) is 13.3 Å². The van der Waals surface area contributed by atoms with Crippen LogP contribution in [0.2, 0.25) is 0 Å². The molecule has 1 unspecified atom stereocenters. The fourth-order valence-electron chi connectivity index (χ4n) is 0.970. The van der Waals surface area contributed by atoms with Gasteiger partial charge in [-0.2, -0.15) is 0 Å². The van der Waals surface area contributed by atoms with E-state index in [1.54, 1.807) is 7.05 Å². The highest BCUT2D eigenvalue weighted by molar-refractivity contribution is 5.86. The van der Waals surface area contributed by atoms with Crippen LogP contribution in [0.15, 0.2) is 0 Å². The van der Waals surface area contributed by atoms with Crippen LogP contribution in [-0.4, -0.2) is 25.0 Å². The molecule has 2 N–H and O–H groups in total. The highest BCUT2D eigenvalue weighted by atomic mass is 35.5. The highest BCUT2D eigenvalue weighted by Gasteiger charge is 2.37. The first-order valence-electron chi connectivity index (χ1n) is 3.16. The van der Waals surface area contributed by atoms with Crippen molar-refractivity contribution in [3.05, 3.63) is 0 Å². The monoisotopic (exact) mass is 164 g/mol. The van der Waals surface area contributed by atoms with Crippen molar-refractivity contribution >= 4 is 18.3 Å². The van der Waals surface area contributed by atoms with Crippen molar-refractivity contribution in [2.75, 3.05) is 13.6 Å². The molecule has 0 bridgehead atoms. The van der Waals surface area contributed by atoms with E-state index in [2.05, 4.69) is 10.6 Å². The lowest BCUT2D eigenvalue weighted by Crippen LogP contribution is -2.63. The number of carbonyl (C=O) groups excluding carboxylic acids is 1. The number of rotatable bonds is 1. The lowest BCUT2D eigenvalue weighted by atomic mass is 9.89. The second-order valence-corrected chi connectivity index (χ2v) is 2.59. The molecule has 1 aliphatic heterocycles. The molecule has 1 amide bonds. The lowest BCUT2D eigenvalue weighted by molar-refractivity contribution is -0.129. The van der Waals surface area contributed by atoms with Gasteiger partial charge in [-0.3, -0.25) is 4.79 Å². The number of likely N-dealkylation sites (N-methyl/N-ethyl adjacent to an activating group) is 1. The summed E-state index contributed by atoms with van der Waals surface area (Å²) in [5, 5.41) is 5.67. The van der Waals surface area contributed by atoms with Crippen LogP contribution in [-0.2, 0) is 4.79 Å². The Kier molecular flexibility index (Phi) is 3.12. The van der Waals surface area contributed by atoms with Gasteiger partial charge in [0, 0.05) is 7.05 Å². The van der Waals surface area contributed by atoms with E-state index >= 15 is 0 Å². The first-order chi connectivity index (χ1) is 4.19. The third-order valence-electron chi connectivity index (χ3n) is 1.87. The Balaban J connectivity index is 0.000000810. The molecular weight excluding hydrogens is 152 g/mol. The summed E-state index contributed by atoms with van der Waals surface area (Å²) in [6, 6.07) is 0. The van der Waals surface area contributed by atoms with E-state index in [0.29, 0.717) is 0 Å². The van der Waals surface area contributed by atoms with Gasteiger partial charge in [-0.1, -0.05) is 0 Å². The van der Waals surface area contributed by atoms with Gasteiger partial charge in [0.05, 0.1) is 5.54 Å². The molecule has 1 rings (SSSR count). The van der Waals surface area contributed by atoms with Crippen molar-refractivity contribution in [1.29, 1.82) is 0 Å². The number of amides is 1. The van der Waals surface area contributed by atoms with Gasteiger partial charge in [0.1, 0.15) is 0 Å². The zero-order chi connectivity index (χ0) is 6.91. The summed E-state index contributed by atoms with van der Waals surface area (Å²) >= 11 is 0. The molecule has 10 heavy (non-hydrogen) atoms. The summed E-state index contributed by atoms with van der Waals surface area (Å²) in [7, 11) is 1.66. The van der Waals surface area contributed by atoms with Crippen LogP contribution in [0.3, 0.4) is 0 Å². The molecule has 0 saturated carbocycles. The van der Waals surface area contributed by atoms with Crippen LogP contribution in [0.25, 0.3) is 0 Å². The fourth-order valence-corrected chi connectivity index (χ4v) is 0.970. The molecule has 0 aliphatic carbocycles. The Bertz CT molecular complexity index is 134. The fraction of sp³-hybridized carbons (Fsp3) is 0.833. The standard InChI is InChI=1S/C6H12N2O.ClH/c1-6(3-4-8-6)5(9)7-2;/h8H,3-4H2,1-2H3,(H,7,9);1H. The average Bonchev–Trinajstić information content (AvgIpc) is 1.81. The Labute approximate surface area is 67.0 Å². The molecular formula is C6H13ClN2O. The molecule has 0 aromatic heterocycles. The molecule has 1 fully saturated rings. The third-order valence-corrected chi connectivity index (χ3v) is 1.87. The van der Waals surface area contributed by atoms with Crippen molar-refractivity contribution in [1.82, 2.24) is 10.6 Å². The van der Waals surface area contributed by atoms with Crippen LogP contribution in [0.4, 0.5) is 0 Å². The maximum Gasteiger partial charge on any atom is 0.239 e. The van der Waals surface area contributed by atoms with Gasteiger partial charge in [-0.15, -0.1) is 12.4 Å². The Morgan fingerprint density at radius 3 is 2.30 bits per heavy atom. The third kappa shape index (κ3) is 1.41. The summed E-state index contributed by atoms with van der Waals surface area (Å²) in [6.07, 6.45) is 0.951. The van der Waals surface area contributed by atoms with Crippen LogP contribution in [0, 0.1) is 0 Å². The van der Waals surface area contributed by atoms with Gasteiger partial charge in [-0.25, -0.2) is 0 Å². The van der Waals surface area contributed by atoms with Gasteiger partial charge >= 0.3 is 0 Å². The SMILES string of the molecule is CNC(=O)C1(C)CCN1.Cl. The smallest absolute Gasteiger partial charge is 0.239 e. The quantitative estimate of drug-likeness (QED) is 0.569. The summed E-state index contributed by atoms with van der Waals surface area (Å²) in [4.78, 5) is 10.9. The topological polar surface area (TPSA) is 41.1 Å². The van der Waals surface area contributed by atoms with Crippen LogP contribution < -0.4 is 10.6 Å². The molecule has 4 heteroatoms. The summed E-state index contributed by atoms with van der Waals surface area (Å²) in [6.45, 7) is 2.87. The molecule has 3 nitrogen and oxygen atoms in total. The lowest BCUT2D eigenvalue weighted by Gasteiger charge is -2.37. The molecule has 0 radical (unpaired) electrons. The average molecular weight is 165 g/mol. The maximum atomic E-state index is 10.9. The largest absolute Gasteiger partial charge is 0.358 e. The van der Waals surface area contributed by atoms with Crippen molar-refractivity contribution < 1.29 is 4.79 Å². The minimum Gasteiger partial charge on any atom is -0.358 e. The Morgan fingerprint density at radius 2 is 2.20 bits per heavy atom. The second-order valence-electron chi connectivity index (χ2n) is 2.59. The number of halogens is 1. The van der Waals surface area contributed by atoms with Gasteiger partial charge in [0.25, 0.3) is 0 Å². The molecule has 60 valence electrons. The van der Waals surface area contributed by atoms with E-state index in [9.17, 15) is 4.79 Å². The molecule has 1 heterocycles. The molecule has 0 aromatic rings. The zero-order valence-electron chi connectivity index (χ0n) is 6.23. The Morgan fingerprint density at radius 1 is 1.70 bits per heavy atom. The zero-order valence-corrected chi connectivity index (χ0v) is 7.05. The molecule has 1 aliphatic rings. The van der Waals surface area contributed by atoms with Crippen LogP contribution >= 0.6 is 12.4 Å². The van der Waals surface area contributed by atoms with E-state index in [0.717, 1.165) is 13.0 Å². The summed E-state index contributed by atoms with van der Waals surface area (Å²) in [5.41, 5.74) is -0.269. The van der Waals surface area contributed by atoms with E-state index < -0.39 is 0 Å². The molecule has 1 atom stereocenters. The van der Waals surface area contributed by atoms with Gasteiger partial charge < -0.3 is 10.6 Å². The molecule has 1 saturated heterocycles. The van der Waals surface area contributed by atoms with Crippen molar-refractivity contribution in [2.45, 2.75) is 18.9 Å². The maximum absolute atomic E-state index is 10.9. The highest BCUT2D eigenvalue weighted by Crippen LogP contribution is 2.16. The van der Waals surface area contributed by atoms with Crippen molar-refractivity contribution in [3.63, 3.8) is 0 Å². The minimum absolute atomic E-state index is 0. The Hall–Kier alpha value is -0.280. The molecule has 0 spiro atoms. The second kappa shape index (κ2) is 3.21. The van der Waals surface area contributed by atoms with Gasteiger partial charge in [-0.05, 0) is 19.9 Å². The summed E-state index contributed by atoms with van der Waals surface area (Å²) in [5.74, 6) is 0.0914. The van der Waals surface area contributed by atoms with Gasteiger partial charge in [0.15, 0.2) is 0 Å². The first kappa shape index (κ1) is 9.72. The number of nitrogens with one attached hydrogen (secondary N) is 2. The predicted octanol–water partition coefficient (Wildman–Crippen LogP) is -0.0938. The number of hydrogen-bond donors (Lipinski definition) is 2. The van der Waals surface area contributed by atoms with E-state index in [4.69, 9.17) is 0 Å². The van der Waals surface area contributed by atoms with Crippen molar-refractivity contribution in [3.8, 4) is 0 Å². The number of carbonyl (C=O) groups is 1. The normalized spacial score (nSPS) is 29.8. The number of hydrogen-bond acceptors (Lipinski definition) is 2. The van der Waals surface area contributed by atoms with E-state index in [1.807, 2.05) is 6.92 Å². The van der Waals surface area contributed by atoms with Gasteiger partial charge in [0.2, 0.25) is 5.91 Å². The minimum atomic E-state index is -0.269. The van der Waals surface area contributed by atoms with Crippen LogP contribution in [0.5, 0.6) is 0 Å².